The fourth-order valence-electron chi connectivity index (χ4n) is 1.99. The summed E-state index contributed by atoms with van der Waals surface area (Å²) in [6.07, 6.45) is 2.24. The van der Waals surface area contributed by atoms with Crippen molar-refractivity contribution >= 4 is 11.6 Å². The molecule has 2 heteroatoms. The highest BCUT2D eigenvalue weighted by Gasteiger charge is 2.09. The molecule has 96 valence electrons. The molecule has 1 N–H and O–H groups in total. The van der Waals surface area contributed by atoms with Crippen molar-refractivity contribution < 1.29 is 0 Å². The van der Waals surface area contributed by atoms with Gasteiger partial charge in [-0.3, -0.25) is 0 Å². The largest absolute Gasteiger partial charge is 0.310 e. The van der Waals surface area contributed by atoms with Crippen molar-refractivity contribution in [1.29, 1.82) is 0 Å². The molecule has 1 aromatic carbocycles. The third-order valence-corrected chi connectivity index (χ3v) is 3.20. The first-order valence-electron chi connectivity index (χ1n) is 6.56. The molecule has 0 bridgehead atoms. The molecule has 1 atom stereocenters. The van der Waals surface area contributed by atoms with Gasteiger partial charge < -0.3 is 5.32 Å². The van der Waals surface area contributed by atoms with Crippen LogP contribution in [-0.2, 0) is 6.42 Å². The number of hydrogen-bond donors (Lipinski definition) is 1. The quantitative estimate of drug-likeness (QED) is 0.781. The summed E-state index contributed by atoms with van der Waals surface area (Å²) in [6.45, 7) is 9.83. The topological polar surface area (TPSA) is 12.0 Å². The smallest absolute Gasteiger partial charge is 0.0456 e. The standard InChI is InChI=1S/C15H24ClN/c1-5-8-17-12(4)14-7-6-13(9-11(2)3)10-15(14)16/h6-7,10-12,17H,5,8-9H2,1-4H3. The predicted molar refractivity (Wildman–Crippen MR) is 76.7 cm³/mol. The molecule has 0 aliphatic rings. The molecule has 0 aliphatic heterocycles. The molecule has 0 aromatic heterocycles. The Morgan fingerprint density at radius 3 is 2.47 bits per heavy atom. The van der Waals surface area contributed by atoms with E-state index in [1.54, 1.807) is 0 Å². The summed E-state index contributed by atoms with van der Waals surface area (Å²) in [7, 11) is 0. The first-order valence-corrected chi connectivity index (χ1v) is 6.94. The lowest BCUT2D eigenvalue weighted by atomic mass is 10.00. The van der Waals surface area contributed by atoms with Gasteiger partial charge in [0.05, 0.1) is 0 Å². The molecular weight excluding hydrogens is 230 g/mol. The molecule has 1 unspecified atom stereocenters. The van der Waals surface area contributed by atoms with Crippen LogP contribution in [0.4, 0.5) is 0 Å². The second kappa shape index (κ2) is 7.03. The van der Waals surface area contributed by atoms with Crippen molar-refractivity contribution in [2.24, 2.45) is 5.92 Å². The van der Waals surface area contributed by atoms with Gasteiger partial charge in [-0.25, -0.2) is 0 Å². The van der Waals surface area contributed by atoms with E-state index in [4.69, 9.17) is 11.6 Å². The zero-order valence-electron chi connectivity index (χ0n) is 11.4. The van der Waals surface area contributed by atoms with Gasteiger partial charge in [0.1, 0.15) is 0 Å². The van der Waals surface area contributed by atoms with E-state index in [0.29, 0.717) is 12.0 Å². The number of nitrogens with one attached hydrogen (secondary N) is 1. The van der Waals surface area contributed by atoms with E-state index in [9.17, 15) is 0 Å². The minimum Gasteiger partial charge on any atom is -0.310 e. The van der Waals surface area contributed by atoms with Gasteiger partial charge in [-0.2, -0.15) is 0 Å². The monoisotopic (exact) mass is 253 g/mol. The minimum absolute atomic E-state index is 0.329. The van der Waals surface area contributed by atoms with Crippen LogP contribution in [0.3, 0.4) is 0 Å². The Morgan fingerprint density at radius 2 is 1.94 bits per heavy atom. The summed E-state index contributed by atoms with van der Waals surface area (Å²) >= 11 is 6.35. The fraction of sp³-hybridized carbons (Fsp3) is 0.600. The minimum atomic E-state index is 0.329. The Bertz CT molecular complexity index is 347. The van der Waals surface area contributed by atoms with Gasteiger partial charge in [0.25, 0.3) is 0 Å². The summed E-state index contributed by atoms with van der Waals surface area (Å²) in [5, 5.41) is 4.35. The van der Waals surface area contributed by atoms with E-state index in [1.165, 1.54) is 11.1 Å². The van der Waals surface area contributed by atoms with Gasteiger partial charge >= 0.3 is 0 Å². The molecule has 0 amide bonds. The van der Waals surface area contributed by atoms with Gasteiger partial charge in [0, 0.05) is 11.1 Å². The Kier molecular flexibility index (Phi) is 6.01. The van der Waals surface area contributed by atoms with Gasteiger partial charge in [-0.05, 0) is 49.4 Å². The van der Waals surface area contributed by atoms with Crippen LogP contribution in [0.1, 0.15) is 51.3 Å². The van der Waals surface area contributed by atoms with Crippen molar-refractivity contribution in [2.45, 2.75) is 46.6 Å². The Morgan fingerprint density at radius 1 is 1.24 bits per heavy atom. The van der Waals surface area contributed by atoms with E-state index in [-0.39, 0.29) is 0 Å². The molecule has 1 rings (SSSR count). The summed E-state index contributed by atoms with van der Waals surface area (Å²) < 4.78 is 0. The highest BCUT2D eigenvalue weighted by atomic mass is 35.5. The first kappa shape index (κ1) is 14.5. The second-order valence-corrected chi connectivity index (χ2v) is 5.54. The maximum absolute atomic E-state index is 6.35. The highest BCUT2D eigenvalue weighted by molar-refractivity contribution is 6.31. The van der Waals surface area contributed by atoms with Gasteiger partial charge in [-0.1, -0.05) is 44.5 Å². The van der Waals surface area contributed by atoms with Gasteiger partial charge in [0.15, 0.2) is 0 Å². The van der Waals surface area contributed by atoms with Crippen LogP contribution < -0.4 is 5.32 Å². The lowest BCUT2D eigenvalue weighted by Gasteiger charge is -2.16. The Labute approximate surface area is 111 Å². The normalized spacial score (nSPS) is 13.1. The van der Waals surface area contributed by atoms with E-state index < -0.39 is 0 Å². The van der Waals surface area contributed by atoms with Crippen molar-refractivity contribution in [2.75, 3.05) is 6.54 Å². The van der Waals surface area contributed by atoms with Crippen LogP contribution in [-0.4, -0.2) is 6.54 Å². The average Bonchev–Trinajstić information content (AvgIpc) is 2.25. The maximum Gasteiger partial charge on any atom is 0.0456 e. The third kappa shape index (κ3) is 4.69. The predicted octanol–water partition coefficient (Wildman–Crippen LogP) is 4.60. The Balaban J connectivity index is 2.74. The lowest BCUT2D eigenvalue weighted by molar-refractivity contribution is 0.570. The van der Waals surface area contributed by atoms with Crippen LogP contribution >= 0.6 is 11.6 Å². The fourth-order valence-corrected chi connectivity index (χ4v) is 2.36. The van der Waals surface area contributed by atoms with Gasteiger partial charge in [-0.15, -0.1) is 0 Å². The van der Waals surface area contributed by atoms with E-state index in [1.807, 2.05) is 0 Å². The molecule has 0 radical (unpaired) electrons. The van der Waals surface area contributed by atoms with Crippen molar-refractivity contribution in [3.8, 4) is 0 Å². The molecule has 1 aromatic rings. The molecular formula is C15H24ClN. The van der Waals surface area contributed by atoms with E-state index in [2.05, 4.69) is 51.2 Å². The third-order valence-electron chi connectivity index (χ3n) is 2.88. The first-order chi connectivity index (χ1) is 8.04. The zero-order chi connectivity index (χ0) is 12.8. The zero-order valence-corrected chi connectivity index (χ0v) is 12.1. The lowest BCUT2D eigenvalue weighted by Crippen LogP contribution is -2.19. The van der Waals surface area contributed by atoms with Crippen LogP contribution in [0.2, 0.25) is 5.02 Å². The molecule has 0 saturated carbocycles. The molecule has 0 fully saturated rings. The molecule has 0 heterocycles. The van der Waals surface area contributed by atoms with Crippen LogP contribution in [0, 0.1) is 5.92 Å². The van der Waals surface area contributed by atoms with E-state index >= 15 is 0 Å². The maximum atomic E-state index is 6.35. The van der Waals surface area contributed by atoms with Crippen molar-refractivity contribution in [3.05, 3.63) is 34.3 Å². The SMILES string of the molecule is CCCNC(C)c1ccc(CC(C)C)cc1Cl. The van der Waals surface area contributed by atoms with E-state index in [0.717, 1.165) is 24.4 Å². The van der Waals surface area contributed by atoms with Gasteiger partial charge in [0.2, 0.25) is 0 Å². The Hall–Kier alpha value is -0.530. The van der Waals surface area contributed by atoms with Crippen molar-refractivity contribution in [3.63, 3.8) is 0 Å². The summed E-state index contributed by atoms with van der Waals surface area (Å²) in [5.41, 5.74) is 2.53. The molecule has 17 heavy (non-hydrogen) atoms. The highest BCUT2D eigenvalue weighted by Crippen LogP contribution is 2.25. The van der Waals surface area contributed by atoms with Crippen LogP contribution in [0.15, 0.2) is 18.2 Å². The molecule has 0 saturated heterocycles. The average molecular weight is 254 g/mol. The van der Waals surface area contributed by atoms with Crippen molar-refractivity contribution in [1.82, 2.24) is 5.32 Å². The summed E-state index contributed by atoms with van der Waals surface area (Å²) in [4.78, 5) is 0. The number of hydrogen-bond acceptors (Lipinski definition) is 1. The molecule has 1 nitrogen and oxygen atoms in total. The second-order valence-electron chi connectivity index (χ2n) is 5.13. The summed E-state index contributed by atoms with van der Waals surface area (Å²) in [6, 6.07) is 6.80. The summed E-state index contributed by atoms with van der Waals surface area (Å²) in [5.74, 6) is 0.674. The number of rotatable bonds is 6. The number of halogens is 1. The van der Waals surface area contributed by atoms with Crippen LogP contribution in [0.25, 0.3) is 0 Å². The van der Waals surface area contributed by atoms with Crippen LogP contribution in [0.5, 0.6) is 0 Å². The molecule has 0 spiro atoms. The molecule has 0 aliphatic carbocycles. The number of benzene rings is 1.